The van der Waals surface area contributed by atoms with E-state index in [4.69, 9.17) is 5.11 Å². The molecule has 18 heavy (non-hydrogen) atoms. The van der Waals surface area contributed by atoms with Crippen molar-refractivity contribution in [1.29, 1.82) is 0 Å². The summed E-state index contributed by atoms with van der Waals surface area (Å²) in [5.41, 5.74) is 2.17. The highest BCUT2D eigenvalue weighted by Gasteiger charge is 2.48. The smallest absolute Gasteiger partial charge is 0.335 e. The van der Waals surface area contributed by atoms with E-state index in [-0.39, 0.29) is 11.3 Å². The van der Waals surface area contributed by atoms with E-state index in [2.05, 4.69) is 0 Å². The standard InChI is InChI=1S/C14H15NO3/c1-15-5-4-14(13(15)18)7-10-3-2-9(12(16)17)6-11(10)8-14/h2-3,6H,4-5,7-8H2,1H3,(H,16,17)/t14-/m0/s1. The summed E-state index contributed by atoms with van der Waals surface area (Å²) < 4.78 is 0. The molecule has 0 radical (unpaired) electrons. The third kappa shape index (κ3) is 1.45. The van der Waals surface area contributed by atoms with Gasteiger partial charge in [-0.3, -0.25) is 4.79 Å². The van der Waals surface area contributed by atoms with Crippen molar-refractivity contribution >= 4 is 11.9 Å². The van der Waals surface area contributed by atoms with Gasteiger partial charge in [-0.2, -0.15) is 0 Å². The van der Waals surface area contributed by atoms with Crippen molar-refractivity contribution in [3.05, 3.63) is 34.9 Å². The van der Waals surface area contributed by atoms with Crippen LogP contribution in [0.15, 0.2) is 18.2 Å². The number of hydrogen-bond donors (Lipinski definition) is 1. The van der Waals surface area contributed by atoms with Crippen LogP contribution in [0.4, 0.5) is 0 Å². The first-order valence-electron chi connectivity index (χ1n) is 6.12. The fourth-order valence-electron chi connectivity index (χ4n) is 3.21. The van der Waals surface area contributed by atoms with Crippen LogP contribution in [-0.2, 0) is 17.6 Å². The summed E-state index contributed by atoms with van der Waals surface area (Å²) in [4.78, 5) is 25.0. The first-order valence-corrected chi connectivity index (χ1v) is 6.12. The minimum atomic E-state index is -0.909. The Morgan fingerprint density at radius 3 is 2.67 bits per heavy atom. The second kappa shape index (κ2) is 3.57. The maximum Gasteiger partial charge on any atom is 0.335 e. The van der Waals surface area contributed by atoms with Crippen molar-refractivity contribution < 1.29 is 14.7 Å². The van der Waals surface area contributed by atoms with Gasteiger partial charge in [0.2, 0.25) is 5.91 Å². The van der Waals surface area contributed by atoms with Crippen LogP contribution in [0.25, 0.3) is 0 Å². The molecule has 4 nitrogen and oxygen atoms in total. The van der Waals surface area contributed by atoms with Crippen LogP contribution in [0, 0.1) is 5.41 Å². The summed E-state index contributed by atoms with van der Waals surface area (Å²) in [5.74, 6) is -0.704. The largest absolute Gasteiger partial charge is 0.478 e. The zero-order valence-electron chi connectivity index (χ0n) is 10.3. The Labute approximate surface area is 105 Å². The lowest BCUT2D eigenvalue weighted by Crippen LogP contribution is -2.32. The van der Waals surface area contributed by atoms with E-state index in [0.29, 0.717) is 12.0 Å². The number of likely N-dealkylation sites (tertiary alicyclic amines) is 1. The Morgan fingerprint density at radius 2 is 2.06 bits per heavy atom. The molecular formula is C14H15NO3. The van der Waals surface area contributed by atoms with Gasteiger partial charge in [0.05, 0.1) is 11.0 Å². The van der Waals surface area contributed by atoms with Crippen LogP contribution in [0.5, 0.6) is 0 Å². The van der Waals surface area contributed by atoms with Crippen molar-refractivity contribution in [1.82, 2.24) is 4.90 Å². The van der Waals surface area contributed by atoms with E-state index in [1.165, 1.54) is 0 Å². The van der Waals surface area contributed by atoms with Gasteiger partial charge in [-0.25, -0.2) is 4.79 Å². The molecule has 1 saturated heterocycles. The SMILES string of the molecule is CN1CC[C@@]2(Cc3ccc(C(=O)O)cc3C2)C1=O. The number of hydrogen-bond acceptors (Lipinski definition) is 2. The second-order valence-corrected chi connectivity index (χ2v) is 5.40. The van der Waals surface area contributed by atoms with Gasteiger partial charge in [0.15, 0.2) is 0 Å². The van der Waals surface area contributed by atoms with Crippen LogP contribution in [0.1, 0.15) is 27.9 Å². The Kier molecular flexibility index (Phi) is 2.24. The summed E-state index contributed by atoms with van der Waals surface area (Å²) in [6.45, 7) is 0.804. The number of amides is 1. The molecule has 3 rings (SSSR count). The molecule has 1 amide bonds. The average molecular weight is 245 g/mol. The first kappa shape index (κ1) is 11.3. The number of carbonyl (C=O) groups excluding carboxylic acids is 1. The van der Waals surface area contributed by atoms with Gasteiger partial charge < -0.3 is 10.0 Å². The van der Waals surface area contributed by atoms with Crippen LogP contribution < -0.4 is 0 Å². The predicted octanol–water partition coefficient (Wildman–Crippen LogP) is 1.33. The molecule has 0 aromatic heterocycles. The Hall–Kier alpha value is -1.84. The molecule has 1 N–H and O–H groups in total. The highest BCUT2D eigenvalue weighted by atomic mass is 16.4. The van der Waals surface area contributed by atoms with Gasteiger partial charge in [-0.05, 0) is 42.5 Å². The number of carboxylic acid groups (broad SMARTS) is 1. The molecule has 0 bridgehead atoms. The maximum atomic E-state index is 12.2. The highest BCUT2D eigenvalue weighted by Crippen LogP contribution is 2.44. The van der Waals surface area contributed by atoms with Crippen LogP contribution in [0.2, 0.25) is 0 Å². The predicted molar refractivity (Wildman–Crippen MR) is 65.5 cm³/mol. The molecule has 1 atom stereocenters. The number of carboxylic acids is 1. The Morgan fingerprint density at radius 1 is 1.33 bits per heavy atom. The molecule has 1 spiro atoms. The fourth-order valence-corrected chi connectivity index (χ4v) is 3.21. The summed E-state index contributed by atoms with van der Waals surface area (Å²) in [6.07, 6.45) is 2.32. The summed E-state index contributed by atoms with van der Waals surface area (Å²) in [5, 5.41) is 8.99. The van der Waals surface area contributed by atoms with E-state index in [1.807, 2.05) is 13.1 Å². The lowest BCUT2D eigenvalue weighted by Gasteiger charge is -2.20. The normalized spacial score (nSPS) is 25.8. The zero-order valence-corrected chi connectivity index (χ0v) is 10.3. The average Bonchev–Trinajstić information content (AvgIpc) is 2.84. The fraction of sp³-hybridized carbons (Fsp3) is 0.429. The van der Waals surface area contributed by atoms with Crippen LogP contribution >= 0.6 is 0 Å². The number of nitrogens with zero attached hydrogens (tertiary/aromatic N) is 1. The molecule has 1 aliphatic carbocycles. The van der Waals surface area contributed by atoms with Crippen LogP contribution in [-0.4, -0.2) is 35.5 Å². The molecule has 1 aliphatic heterocycles. The highest BCUT2D eigenvalue weighted by molar-refractivity contribution is 5.89. The quantitative estimate of drug-likeness (QED) is 0.812. The minimum Gasteiger partial charge on any atom is -0.478 e. The third-order valence-corrected chi connectivity index (χ3v) is 4.24. The molecule has 4 heteroatoms. The van der Waals surface area contributed by atoms with Crippen molar-refractivity contribution in [2.24, 2.45) is 5.41 Å². The Balaban J connectivity index is 1.96. The number of fused-ring (bicyclic) bond motifs is 1. The monoisotopic (exact) mass is 245 g/mol. The van der Waals surface area contributed by atoms with Gasteiger partial charge >= 0.3 is 5.97 Å². The second-order valence-electron chi connectivity index (χ2n) is 5.40. The van der Waals surface area contributed by atoms with E-state index < -0.39 is 5.97 Å². The molecule has 1 aromatic rings. The van der Waals surface area contributed by atoms with Crippen molar-refractivity contribution in [2.75, 3.05) is 13.6 Å². The molecule has 2 aliphatic rings. The first-order chi connectivity index (χ1) is 8.52. The maximum absolute atomic E-state index is 12.2. The number of rotatable bonds is 1. The lowest BCUT2D eigenvalue weighted by atomic mass is 9.83. The number of benzene rings is 1. The molecule has 1 aromatic carbocycles. The zero-order chi connectivity index (χ0) is 12.9. The van der Waals surface area contributed by atoms with Gasteiger partial charge in [0.25, 0.3) is 0 Å². The van der Waals surface area contributed by atoms with Crippen molar-refractivity contribution in [3.63, 3.8) is 0 Å². The van der Waals surface area contributed by atoms with Crippen molar-refractivity contribution in [3.8, 4) is 0 Å². The molecule has 1 fully saturated rings. The van der Waals surface area contributed by atoms with Gasteiger partial charge in [-0.15, -0.1) is 0 Å². The molecule has 0 unspecified atom stereocenters. The topological polar surface area (TPSA) is 57.6 Å². The van der Waals surface area contributed by atoms with Gasteiger partial charge in [0.1, 0.15) is 0 Å². The third-order valence-electron chi connectivity index (χ3n) is 4.24. The lowest BCUT2D eigenvalue weighted by molar-refractivity contribution is -0.134. The number of aromatic carboxylic acids is 1. The molecular weight excluding hydrogens is 230 g/mol. The molecule has 1 heterocycles. The van der Waals surface area contributed by atoms with E-state index >= 15 is 0 Å². The van der Waals surface area contributed by atoms with Gasteiger partial charge in [-0.1, -0.05) is 6.07 Å². The van der Waals surface area contributed by atoms with Crippen LogP contribution in [0.3, 0.4) is 0 Å². The Bertz CT molecular complexity index is 552. The molecule has 0 saturated carbocycles. The summed E-state index contributed by atoms with van der Waals surface area (Å²) >= 11 is 0. The minimum absolute atomic E-state index is 0.204. The van der Waals surface area contributed by atoms with E-state index in [0.717, 1.165) is 30.5 Å². The van der Waals surface area contributed by atoms with Crippen molar-refractivity contribution in [2.45, 2.75) is 19.3 Å². The number of carbonyl (C=O) groups is 2. The van der Waals surface area contributed by atoms with Gasteiger partial charge in [0, 0.05) is 13.6 Å². The summed E-state index contributed by atoms with van der Waals surface area (Å²) in [7, 11) is 1.84. The summed E-state index contributed by atoms with van der Waals surface area (Å²) in [6, 6.07) is 5.21. The van der Waals surface area contributed by atoms with E-state index in [9.17, 15) is 9.59 Å². The van der Waals surface area contributed by atoms with E-state index in [1.54, 1.807) is 17.0 Å². The molecule has 94 valence electrons.